The van der Waals surface area contributed by atoms with E-state index in [-0.39, 0.29) is 17.6 Å². The third-order valence-corrected chi connectivity index (χ3v) is 3.10. The van der Waals surface area contributed by atoms with Gasteiger partial charge >= 0.3 is 0 Å². The van der Waals surface area contributed by atoms with Crippen molar-refractivity contribution in [2.45, 2.75) is 40.0 Å². The van der Waals surface area contributed by atoms with E-state index in [0.717, 1.165) is 24.0 Å². The number of carbonyl (C=O) groups excluding carboxylic acids is 2. The molecular formula is C16H23N3O3S. The number of thiocarbonyl (C=S) groups is 1. The number of hydrazine groups is 1. The average molecular weight is 337 g/mol. The van der Waals surface area contributed by atoms with Gasteiger partial charge in [-0.3, -0.25) is 20.4 Å². The van der Waals surface area contributed by atoms with E-state index >= 15 is 0 Å². The fourth-order valence-electron chi connectivity index (χ4n) is 1.89. The molecule has 0 heterocycles. The van der Waals surface area contributed by atoms with E-state index in [1.165, 1.54) is 0 Å². The molecule has 7 heteroatoms. The lowest BCUT2D eigenvalue weighted by molar-refractivity contribution is -0.124. The van der Waals surface area contributed by atoms with Gasteiger partial charge in [0.15, 0.2) is 11.7 Å². The molecule has 0 fully saturated rings. The van der Waals surface area contributed by atoms with E-state index in [1.807, 2.05) is 39.0 Å². The molecule has 1 aromatic carbocycles. The normalized spacial score (nSPS) is 9.87. The summed E-state index contributed by atoms with van der Waals surface area (Å²) in [6.07, 6.45) is 2.13. The average Bonchev–Trinajstić information content (AvgIpc) is 2.48. The number of hydrogen-bond donors (Lipinski definition) is 3. The lowest BCUT2D eigenvalue weighted by Gasteiger charge is -2.11. The van der Waals surface area contributed by atoms with Crippen LogP contribution in [0, 0.1) is 13.8 Å². The molecule has 0 radical (unpaired) electrons. The highest BCUT2D eigenvalue weighted by atomic mass is 32.1. The number of carbonyl (C=O) groups is 2. The fourth-order valence-corrected chi connectivity index (χ4v) is 2.05. The smallest absolute Gasteiger partial charge is 0.276 e. The molecule has 0 saturated heterocycles. The number of rotatable bonds is 6. The summed E-state index contributed by atoms with van der Waals surface area (Å²) in [7, 11) is 0. The molecule has 0 unspecified atom stereocenters. The van der Waals surface area contributed by atoms with Gasteiger partial charge in [0, 0.05) is 6.42 Å². The third kappa shape index (κ3) is 8.15. The van der Waals surface area contributed by atoms with Crippen LogP contribution >= 0.6 is 12.2 Å². The quantitative estimate of drug-likeness (QED) is 0.546. The Bertz CT molecular complexity index is 555. The van der Waals surface area contributed by atoms with Crippen LogP contribution in [0.3, 0.4) is 0 Å². The second kappa shape index (κ2) is 9.78. The zero-order chi connectivity index (χ0) is 17.2. The standard InChI is InChI=1S/C16H23N3O3S/c1-4-5-6-14(20)17-16(23)19-18-15(21)10-22-13-8-11(2)7-12(3)9-13/h7-9H,4-6,10H2,1-3H3,(H,18,21)(H2,17,19,20,23). The maximum Gasteiger partial charge on any atom is 0.276 e. The van der Waals surface area contributed by atoms with Gasteiger partial charge in [-0.05, 0) is 55.7 Å². The minimum Gasteiger partial charge on any atom is -0.484 e. The van der Waals surface area contributed by atoms with Gasteiger partial charge in [-0.15, -0.1) is 0 Å². The fraction of sp³-hybridized carbons (Fsp3) is 0.438. The van der Waals surface area contributed by atoms with Crippen molar-refractivity contribution in [3.05, 3.63) is 29.3 Å². The first-order valence-electron chi connectivity index (χ1n) is 7.50. The van der Waals surface area contributed by atoms with Gasteiger partial charge in [-0.2, -0.15) is 0 Å². The lowest BCUT2D eigenvalue weighted by Crippen LogP contribution is -2.49. The Hall–Kier alpha value is -2.15. The van der Waals surface area contributed by atoms with Crippen molar-refractivity contribution in [3.63, 3.8) is 0 Å². The van der Waals surface area contributed by atoms with E-state index < -0.39 is 5.91 Å². The van der Waals surface area contributed by atoms with Crippen LogP contribution in [0.2, 0.25) is 0 Å². The molecular weight excluding hydrogens is 314 g/mol. The molecule has 0 atom stereocenters. The molecule has 0 saturated carbocycles. The SMILES string of the molecule is CCCCC(=O)NC(=S)NNC(=O)COc1cc(C)cc(C)c1. The molecule has 1 aromatic rings. The molecule has 0 bridgehead atoms. The topological polar surface area (TPSA) is 79.5 Å². The second-order valence-corrected chi connectivity index (χ2v) is 5.67. The summed E-state index contributed by atoms with van der Waals surface area (Å²) in [6.45, 7) is 5.77. The van der Waals surface area contributed by atoms with Crippen molar-refractivity contribution in [2.75, 3.05) is 6.61 Å². The Kier molecular flexibility index (Phi) is 8.04. The minimum atomic E-state index is -0.394. The van der Waals surface area contributed by atoms with Crippen LogP contribution in [0.4, 0.5) is 0 Å². The van der Waals surface area contributed by atoms with Crippen LogP contribution in [-0.2, 0) is 9.59 Å². The van der Waals surface area contributed by atoms with Gasteiger partial charge in [0.25, 0.3) is 5.91 Å². The Balaban J connectivity index is 2.28. The summed E-state index contributed by atoms with van der Waals surface area (Å²) in [5, 5.41) is 2.55. The van der Waals surface area contributed by atoms with Crippen molar-refractivity contribution in [1.82, 2.24) is 16.2 Å². The maximum atomic E-state index is 11.7. The molecule has 0 spiro atoms. The van der Waals surface area contributed by atoms with Gasteiger partial charge in [0.05, 0.1) is 0 Å². The summed E-state index contributed by atoms with van der Waals surface area (Å²) >= 11 is 4.91. The summed E-state index contributed by atoms with van der Waals surface area (Å²) in [5.74, 6) is 0.0625. The predicted octanol–water partition coefficient (Wildman–Crippen LogP) is 1.89. The van der Waals surface area contributed by atoms with Gasteiger partial charge in [-0.25, -0.2) is 0 Å². The molecule has 2 amide bonds. The number of nitrogens with one attached hydrogen (secondary N) is 3. The highest BCUT2D eigenvalue weighted by Gasteiger charge is 2.06. The van der Waals surface area contributed by atoms with Gasteiger partial charge < -0.3 is 10.1 Å². The zero-order valence-corrected chi connectivity index (χ0v) is 14.5. The van der Waals surface area contributed by atoms with Gasteiger partial charge in [0.2, 0.25) is 5.91 Å². The highest BCUT2D eigenvalue weighted by molar-refractivity contribution is 7.80. The molecule has 0 aliphatic rings. The number of benzene rings is 1. The number of unbranched alkanes of at least 4 members (excludes halogenated alkanes) is 1. The van der Waals surface area contributed by atoms with E-state index in [9.17, 15) is 9.59 Å². The molecule has 0 aromatic heterocycles. The summed E-state index contributed by atoms with van der Waals surface area (Å²) in [4.78, 5) is 23.1. The number of hydrogen-bond acceptors (Lipinski definition) is 4. The predicted molar refractivity (Wildman–Crippen MR) is 93.0 cm³/mol. The number of amides is 2. The first-order valence-corrected chi connectivity index (χ1v) is 7.91. The van der Waals surface area contributed by atoms with Crippen molar-refractivity contribution < 1.29 is 14.3 Å². The zero-order valence-electron chi connectivity index (χ0n) is 13.7. The Morgan fingerprint density at radius 1 is 1.09 bits per heavy atom. The summed E-state index contributed by atoms with van der Waals surface area (Å²) in [5.41, 5.74) is 6.97. The summed E-state index contributed by atoms with van der Waals surface area (Å²) in [6, 6.07) is 5.73. The van der Waals surface area contributed by atoms with Crippen LogP contribution in [0.5, 0.6) is 5.75 Å². The van der Waals surface area contributed by atoms with Crippen LogP contribution in [-0.4, -0.2) is 23.5 Å². The molecule has 3 N–H and O–H groups in total. The molecule has 0 aliphatic carbocycles. The lowest BCUT2D eigenvalue weighted by atomic mass is 10.1. The molecule has 6 nitrogen and oxygen atoms in total. The number of aryl methyl sites for hydroxylation is 2. The van der Waals surface area contributed by atoms with Gasteiger partial charge in [-0.1, -0.05) is 19.4 Å². The van der Waals surface area contributed by atoms with Crippen LogP contribution in [0.25, 0.3) is 0 Å². The van der Waals surface area contributed by atoms with E-state index in [2.05, 4.69) is 16.2 Å². The highest BCUT2D eigenvalue weighted by Crippen LogP contribution is 2.15. The monoisotopic (exact) mass is 337 g/mol. The Labute approximate surface area is 141 Å². The third-order valence-electron chi connectivity index (χ3n) is 2.89. The van der Waals surface area contributed by atoms with E-state index in [0.29, 0.717) is 12.2 Å². The first kappa shape index (κ1) is 18.9. The van der Waals surface area contributed by atoms with Gasteiger partial charge in [0.1, 0.15) is 5.75 Å². The number of ether oxygens (including phenoxy) is 1. The van der Waals surface area contributed by atoms with Crippen molar-refractivity contribution in [3.8, 4) is 5.75 Å². The van der Waals surface area contributed by atoms with E-state index in [1.54, 1.807) is 0 Å². The largest absolute Gasteiger partial charge is 0.484 e. The van der Waals surface area contributed by atoms with E-state index in [4.69, 9.17) is 17.0 Å². The van der Waals surface area contributed by atoms with Crippen LogP contribution < -0.4 is 20.9 Å². The summed E-state index contributed by atoms with van der Waals surface area (Å²) < 4.78 is 5.41. The molecule has 23 heavy (non-hydrogen) atoms. The molecule has 0 aliphatic heterocycles. The maximum absolute atomic E-state index is 11.7. The van der Waals surface area contributed by atoms with Crippen LogP contribution in [0.15, 0.2) is 18.2 Å². The minimum absolute atomic E-state index is 0.0610. The van der Waals surface area contributed by atoms with Crippen molar-refractivity contribution in [1.29, 1.82) is 0 Å². The molecule has 1 rings (SSSR count). The van der Waals surface area contributed by atoms with Crippen molar-refractivity contribution >= 4 is 29.1 Å². The Morgan fingerprint density at radius 3 is 2.35 bits per heavy atom. The van der Waals surface area contributed by atoms with Crippen molar-refractivity contribution in [2.24, 2.45) is 0 Å². The van der Waals surface area contributed by atoms with Crippen LogP contribution in [0.1, 0.15) is 37.3 Å². The molecule has 126 valence electrons. The first-order chi connectivity index (χ1) is 10.9. The Morgan fingerprint density at radius 2 is 1.74 bits per heavy atom. The second-order valence-electron chi connectivity index (χ2n) is 5.27.